The SMILES string of the molecule is CCCNC(C(C)CC)C12CC3CC(CC(C)(C3)C1)C2. The Balaban J connectivity index is 1.85. The molecule has 0 aromatic carbocycles. The predicted octanol–water partition coefficient (Wildman–Crippen LogP) is 5.01. The summed E-state index contributed by atoms with van der Waals surface area (Å²) in [6, 6.07) is 0.776. The molecule has 0 heterocycles. The van der Waals surface area contributed by atoms with E-state index in [4.69, 9.17) is 0 Å². The van der Waals surface area contributed by atoms with E-state index in [2.05, 4.69) is 33.0 Å². The van der Waals surface area contributed by atoms with Crippen molar-refractivity contribution in [3.05, 3.63) is 0 Å². The lowest BCUT2D eigenvalue weighted by Gasteiger charge is -2.64. The highest BCUT2D eigenvalue weighted by Gasteiger charge is 2.58. The maximum atomic E-state index is 3.99. The Hall–Kier alpha value is -0.0400. The Morgan fingerprint density at radius 2 is 1.75 bits per heavy atom. The molecule has 1 N–H and O–H groups in total. The van der Waals surface area contributed by atoms with E-state index in [0.717, 1.165) is 23.8 Å². The Bertz CT molecular complexity index is 334. The van der Waals surface area contributed by atoms with Crippen LogP contribution in [0.4, 0.5) is 0 Å². The molecule has 0 amide bonds. The largest absolute Gasteiger partial charge is 0.313 e. The molecule has 4 rings (SSSR count). The average Bonchev–Trinajstić information content (AvgIpc) is 2.35. The molecule has 0 radical (unpaired) electrons. The summed E-state index contributed by atoms with van der Waals surface area (Å²) in [5.41, 5.74) is 1.33. The van der Waals surface area contributed by atoms with Crippen LogP contribution in [-0.4, -0.2) is 12.6 Å². The van der Waals surface area contributed by atoms with Crippen molar-refractivity contribution in [3.8, 4) is 0 Å². The van der Waals surface area contributed by atoms with Crippen LogP contribution in [0.1, 0.15) is 79.1 Å². The van der Waals surface area contributed by atoms with Crippen molar-refractivity contribution < 1.29 is 0 Å². The van der Waals surface area contributed by atoms with Gasteiger partial charge >= 0.3 is 0 Å². The van der Waals surface area contributed by atoms with Crippen LogP contribution < -0.4 is 5.32 Å². The standard InChI is InChI=1S/C19H35N/c1-5-7-20-17(14(3)6-2)19-11-15-8-16(12-19)10-18(4,9-15)13-19/h14-17,20H,5-13H2,1-4H3. The topological polar surface area (TPSA) is 12.0 Å². The lowest BCUT2D eigenvalue weighted by molar-refractivity contribution is -0.125. The highest BCUT2D eigenvalue weighted by atomic mass is 14.9. The first-order valence-corrected chi connectivity index (χ1v) is 9.23. The monoisotopic (exact) mass is 277 g/mol. The third-order valence-electron chi connectivity index (χ3n) is 6.89. The van der Waals surface area contributed by atoms with Crippen molar-refractivity contribution in [2.45, 2.75) is 85.1 Å². The lowest BCUT2D eigenvalue weighted by atomic mass is 9.42. The first-order valence-electron chi connectivity index (χ1n) is 9.23. The summed E-state index contributed by atoms with van der Waals surface area (Å²) in [6.07, 6.45) is 11.8. The van der Waals surface area contributed by atoms with E-state index in [1.54, 1.807) is 6.42 Å². The highest BCUT2D eigenvalue weighted by molar-refractivity contribution is 5.10. The van der Waals surface area contributed by atoms with Gasteiger partial charge in [0.15, 0.2) is 0 Å². The fourth-order valence-corrected chi connectivity index (χ4v) is 6.72. The Morgan fingerprint density at radius 3 is 2.25 bits per heavy atom. The molecule has 4 atom stereocenters. The molecule has 0 aromatic heterocycles. The van der Waals surface area contributed by atoms with Crippen LogP contribution in [0.2, 0.25) is 0 Å². The van der Waals surface area contributed by atoms with E-state index >= 15 is 0 Å². The van der Waals surface area contributed by atoms with Crippen LogP contribution in [0.25, 0.3) is 0 Å². The van der Waals surface area contributed by atoms with Gasteiger partial charge in [-0.15, -0.1) is 0 Å². The van der Waals surface area contributed by atoms with Crippen molar-refractivity contribution in [1.29, 1.82) is 0 Å². The minimum Gasteiger partial charge on any atom is -0.313 e. The van der Waals surface area contributed by atoms with Crippen molar-refractivity contribution in [2.24, 2.45) is 28.6 Å². The molecule has 4 aliphatic carbocycles. The molecular weight excluding hydrogens is 242 g/mol. The smallest absolute Gasteiger partial charge is 0.0149 e. The summed E-state index contributed by atoms with van der Waals surface area (Å²) in [7, 11) is 0. The van der Waals surface area contributed by atoms with Crippen molar-refractivity contribution in [3.63, 3.8) is 0 Å². The summed E-state index contributed by atoms with van der Waals surface area (Å²) < 4.78 is 0. The van der Waals surface area contributed by atoms with Gasteiger partial charge in [-0.25, -0.2) is 0 Å². The molecule has 0 aliphatic heterocycles. The fraction of sp³-hybridized carbons (Fsp3) is 1.00. The number of nitrogens with one attached hydrogen (secondary N) is 1. The molecule has 4 fully saturated rings. The maximum absolute atomic E-state index is 3.99. The number of rotatable bonds is 6. The lowest BCUT2D eigenvalue weighted by Crippen LogP contribution is -2.60. The van der Waals surface area contributed by atoms with Crippen LogP contribution in [0.15, 0.2) is 0 Å². The van der Waals surface area contributed by atoms with Crippen LogP contribution in [0, 0.1) is 28.6 Å². The summed E-state index contributed by atoms with van der Waals surface area (Å²) >= 11 is 0. The predicted molar refractivity (Wildman–Crippen MR) is 86.8 cm³/mol. The molecule has 4 bridgehead atoms. The van der Waals surface area contributed by atoms with E-state index < -0.39 is 0 Å². The van der Waals surface area contributed by atoms with Crippen molar-refractivity contribution >= 4 is 0 Å². The summed E-state index contributed by atoms with van der Waals surface area (Å²) in [5.74, 6) is 2.94. The van der Waals surface area contributed by atoms with Gasteiger partial charge in [-0.05, 0) is 80.1 Å². The van der Waals surface area contributed by atoms with E-state index in [9.17, 15) is 0 Å². The zero-order valence-corrected chi connectivity index (χ0v) is 14.2. The van der Waals surface area contributed by atoms with Gasteiger partial charge in [0.1, 0.15) is 0 Å². The summed E-state index contributed by atoms with van der Waals surface area (Å²) in [6.45, 7) is 11.0. The van der Waals surface area contributed by atoms with Gasteiger partial charge in [0.2, 0.25) is 0 Å². The van der Waals surface area contributed by atoms with Crippen LogP contribution in [0.3, 0.4) is 0 Å². The van der Waals surface area contributed by atoms with Crippen molar-refractivity contribution in [2.75, 3.05) is 6.54 Å². The Kier molecular flexibility index (Phi) is 3.95. The third kappa shape index (κ3) is 2.45. The molecular formula is C19H35N. The molecule has 0 saturated heterocycles. The van der Waals surface area contributed by atoms with Gasteiger partial charge in [0, 0.05) is 6.04 Å². The van der Waals surface area contributed by atoms with E-state index in [-0.39, 0.29) is 0 Å². The molecule has 1 nitrogen and oxygen atoms in total. The molecule has 4 aliphatic rings. The summed E-state index contributed by atoms with van der Waals surface area (Å²) in [5, 5.41) is 3.99. The quantitative estimate of drug-likeness (QED) is 0.720. The molecule has 0 aromatic rings. The minimum atomic E-state index is 0.642. The second-order valence-electron chi connectivity index (χ2n) is 8.95. The molecule has 20 heavy (non-hydrogen) atoms. The molecule has 116 valence electrons. The normalized spacial score (nSPS) is 45.6. The highest BCUT2D eigenvalue weighted by Crippen LogP contribution is 2.66. The molecule has 4 saturated carbocycles. The zero-order chi connectivity index (χ0) is 14.4. The van der Waals surface area contributed by atoms with Crippen LogP contribution in [0.5, 0.6) is 0 Å². The van der Waals surface area contributed by atoms with E-state index in [1.165, 1.54) is 51.5 Å². The van der Waals surface area contributed by atoms with E-state index in [1.807, 2.05) is 0 Å². The third-order valence-corrected chi connectivity index (χ3v) is 6.89. The zero-order valence-electron chi connectivity index (χ0n) is 14.2. The Morgan fingerprint density at radius 1 is 1.10 bits per heavy atom. The Labute approximate surface area is 126 Å². The van der Waals surface area contributed by atoms with Gasteiger partial charge in [-0.3, -0.25) is 0 Å². The van der Waals surface area contributed by atoms with Gasteiger partial charge in [0.05, 0.1) is 0 Å². The van der Waals surface area contributed by atoms with Crippen LogP contribution in [-0.2, 0) is 0 Å². The average molecular weight is 277 g/mol. The van der Waals surface area contributed by atoms with Gasteiger partial charge in [-0.1, -0.05) is 34.1 Å². The number of hydrogen-bond donors (Lipinski definition) is 1. The van der Waals surface area contributed by atoms with Gasteiger partial charge in [0.25, 0.3) is 0 Å². The number of hydrogen-bond acceptors (Lipinski definition) is 1. The summed E-state index contributed by atoms with van der Waals surface area (Å²) in [4.78, 5) is 0. The molecule has 0 spiro atoms. The molecule has 1 heteroatoms. The van der Waals surface area contributed by atoms with Gasteiger partial charge < -0.3 is 5.32 Å². The van der Waals surface area contributed by atoms with Crippen LogP contribution >= 0.6 is 0 Å². The second-order valence-corrected chi connectivity index (χ2v) is 8.95. The van der Waals surface area contributed by atoms with E-state index in [0.29, 0.717) is 10.8 Å². The molecule has 4 unspecified atom stereocenters. The first-order chi connectivity index (χ1) is 9.50. The second kappa shape index (κ2) is 5.30. The minimum absolute atomic E-state index is 0.642. The maximum Gasteiger partial charge on any atom is 0.0149 e. The van der Waals surface area contributed by atoms with Gasteiger partial charge in [-0.2, -0.15) is 0 Å². The fourth-order valence-electron chi connectivity index (χ4n) is 6.72. The first kappa shape index (κ1) is 14.9. The van der Waals surface area contributed by atoms with Crippen molar-refractivity contribution in [1.82, 2.24) is 5.32 Å².